The van der Waals surface area contributed by atoms with Crippen molar-refractivity contribution in [1.82, 2.24) is 19.7 Å². The number of rotatable bonds is 7. The highest BCUT2D eigenvalue weighted by Gasteiger charge is 2.13. The molecule has 0 atom stereocenters. The number of alkyl halides is 2. The van der Waals surface area contributed by atoms with Gasteiger partial charge in [0, 0.05) is 30.7 Å². The van der Waals surface area contributed by atoms with Gasteiger partial charge in [0.25, 0.3) is 0 Å². The number of nitrogens with zero attached hydrogens (tertiary/aromatic N) is 4. The first-order chi connectivity index (χ1) is 12.5. The predicted molar refractivity (Wildman–Crippen MR) is 97.0 cm³/mol. The average Bonchev–Trinajstić information content (AvgIpc) is 3.21. The number of nitrogens with one attached hydrogen (secondary N) is 2. The summed E-state index contributed by atoms with van der Waals surface area (Å²) in [7, 11) is 0. The second-order valence-corrected chi connectivity index (χ2v) is 7.28. The lowest BCUT2D eigenvalue weighted by Crippen LogP contribution is -2.05. The Kier molecular flexibility index (Phi) is 5.78. The molecule has 0 saturated heterocycles. The molecule has 2 N–H and O–H groups in total. The lowest BCUT2D eigenvalue weighted by molar-refractivity contribution is -0.114. The standard InChI is InChI=1S/C15H14F2N6OS2/c1-9(24)19-10-3-2-4-11(7-10)20-14-21-22-15(26-14)25-8-12-18-5-6-23(12)13(16)17/h2-7,13H,8H2,1H3,(H,19,24)(H,20,21). The number of carbonyl (C=O) groups is 1. The van der Waals surface area contributed by atoms with Crippen molar-refractivity contribution in [1.29, 1.82) is 0 Å². The number of benzene rings is 1. The van der Waals surface area contributed by atoms with Crippen LogP contribution in [0.3, 0.4) is 0 Å². The normalized spacial score (nSPS) is 10.9. The highest BCUT2D eigenvalue weighted by atomic mass is 32.2. The van der Waals surface area contributed by atoms with Crippen LogP contribution in [0.15, 0.2) is 41.0 Å². The Labute approximate surface area is 155 Å². The minimum absolute atomic E-state index is 0.154. The van der Waals surface area contributed by atoms with E-state index in [1.807, 2.05) is 6.07 Å². The third kappa shape index (κ3) is 4.76. The number of carbonyl (C=O) groups excluding carboxylic acids is 1. The summed E-state index contributed by atoms with van der Waals surface area (Å²) in [5, 5.41) is 14.4. The monoisotopic (exact) mass is 396 g/mol. The molecule has 1 amide bonds. The van der Waals surface area contributed by atoms with E-state index in [4.69, 9.17) is 0 Å². The molecule has 26 heavy (non-hydrogen) atoms. The van der Waals surface area contributed by atoms with E-state index in [9.17, 15) is 13.6 Å². The highest BCUT2D eigenvalue weighted by Crippen LogP contribution is 2.30. The van der Waals surface area contributed by atoms with Crippen molar-refractivity contribution in [2.24, 2.45) is 0 Å². The Morgan fingerprint density at radius 1 is 1.35 bits per heavy atom. The third-order valence-electron chi connectivity index (χ3n) is 3.12. The molecule has 2 heterocycles. The summed E-state index contributed by atoms with van der Waals surface area (Å²) in [6.07, 6.45) is 2.59. The van der Waals surface area contributed by atoms with E-state index in [-0.39, 0.29) is 17.5 Å². The summed E-state index contributed by atoms with van der Waals surface area (Å²) >= 11 is 2.59. The molecular formula is C15H14F2N6OS2. The van der Waals surface area contributed by atoms with Crippen LogP contribution in [-0.2, 0) is 10.5 Å². The number of hydrogen-bond donors (Lipinski definition) is 2. The fourth-order valence-corrected chi connectivity index (χ4v) is 3.80. The Morgan fingerprint density at radius 3 is 2.92 bits per heavy atom. The molecule has 0 spiro atoms. The molecule has 136 valence electrons. The van der Waals surface area contributed by atoms with Crippen molar-refractivity contribution >= 4 is 45.5 Å². The molecule has 0 aliphatic rings. The van der Waals surface area contributed by atoms with Gasteiger partial charge in [-0.3, -0.25) is 9.36 Å². The van der Waals surface area contributed by atoms with Crippen LogP contribution < -0.4 is 10.6 Å². The number of anilines is 3. The van der Waals surface area contributed by atoms with Crippen LogP contribution >= 0.6 is 23.1 Å². The average molecular weight is 396 g/mol. The SMILES string of the molecule is CC(=O)Nc1cccc(Nc2nnc(SCc3nccn3C(F)F)s2)c1. The summed E-state index contributed by atoms with van der Waals surface area (Å²) < 4.78 is 27.0. The Morgan fingerprint density at radius 2 is 2.15 bits per heavy atom. The van der Waals surface area contributed by atoms with Crippen molar-refractivity contribution in [3.8, 4) is 0 Å². The van der Waals surface area contributed by atoms with Gasteiger partial charge in [0.2, 0.25) is 11.0 Å². The Balaban J connectivity index is 1.61. The number of thioether (sulfide) groups is 1. The van der Waals surface area contributed by atoms with Crippen LogP contribution in [0.1, 0.15) is 19.3 Å². The second kappa shape index (κ2) is 8.23. The summed E-state index contributed by atoms with van der Waals surface area (Å²) in [4.78, 5) is 15.0. The zero-order valence-electron chi connectivity index (χ0n) is 13.5. The van der Waals surface area contributed by atoms with Gasteiger partial charge in [0.05, 0.1) is 5.75 Å². The molecule has 0 saturated carbocycles. The summed E-state index contributed by atoms with van der Waals surface area (Å²) in [6, 6.07) is 7.18. The topological polar surface area (TPSA) is 84.7 Å². The predicted octanol–water partition coefficient (Wildman–Crippen LogP) is 4.12. The Hall–Kier alpha value is -2.53. The largest absolute Gasteiger partial charge is 0.330 e. The molecule has 3 aromatic rings. The lowest BCUT2D eigenvalue weighted by atomic mass is 10.3. The van der Waals surface area contributed by atoms with E-state index in [0.29, 0.717) is 15.2 Å². The first-order valence-corrected chi connectivity index (χ1v) is 9.22. The first kappa shape index (κ1) is 18.3. The van der Waals surface area contributed by atoms with Crippen LogP contribution in [0.25, 0.3) is 0 Å². The smallest absolute Gasteiger partial charge is 0.319 e. The van der Waals surface area contributed by atoms with Crippen molar-refractivity contribution in [2.75, 3.05) is 10.6 Å². The van der Waals surface area contributed by atoms with Crippen LogP contribution in [0, 0.1) is 0 Å². The summed E-state index contributed by atoms with van der Waals surface area (Å²) in [5.41, 5.74) is 1.41. The molecule has 3 rings (SSSR count). The van der Waals surface area contributed by atoms with Gasteiger partial charge in [-0.2, -0.15) is 8.78 Å². The highest BCUT2D eigenvalue weighted by molar-refractivity contribution is 8.00. The minimum atomic E-state index is -2.62. The minimum Gasteiger partial charge on any atom is -0.330 e. The summed E-state index contributed by atoms with van der Waals surface area (Å²) in [6.45, 7) is -1.18. The van der Waals surface area contributed by atoms with E-state index in [0.717, 1.165) is 10.3 Å². The lowest BCUT2D eigenvalue weighted by Gasteiger charge is -2.05. The van der Waals surface area contributed by atoms with Gasteiger partial charge in [0.1, 0.15) is 5.82 Å². The molecule has 0 unspecified atom stereocenters. The van der Waals surface area contributed by atoms with Crippen LogP contribution in [0.4, 0.5) is 25.3 Å². The molecule has 0 radical (unpaired) electrons. The fraction of sp³-hybridized carbons (Fsp3) is 0.200. The molecule has 11 heteroatoms. The fourth-order valence-electron chi connectivity index (χ4n) is 2.08. The van der Waals surface area contributed by atoms with Crippen molar-refractivity contribution in [3.05, 3.63) is 42.5 Å². The van der Waals surface area contributed by atoms with E-state index in [2.05, 4.69) is 25.8 Å². The van der Waals surface area contributed by atoms with Gasteiger partial charge in [0.15, 0.2) is 4.34 Å². The Bertz CT molecular complexity index is 898. The second-order valence-electron chi connectivity index (χ2n) is 5.08. The van der Waals surface area contributed by atoms with E-state index >= 15 is 0 Å². The van der Waals surface area contributed by atoms with Crippen LogP contribution in [0.2, 0.25) is 0 Å². The maximum atomic E-state index is 12.8. The first-order valence-electron chi connectivity index (χ1n) is 7.42. The van der Waals surface area contributed by atoms with E-state index in [1.165, 1.54) is 42.4 Å². The molecule has 7 nitrogen and oxygen atoms in total. The van der Waals surface area contributed by atoms with Crippen molar-refractivity contribution < 1.29 is 13.6 Å². The molecule has 0 aliphatic carbocycles. The maximum absolute atomic E-state index is 12.8. The quantitative estimate of drug-likeness (QED) is 0.585. The summed E-state index contributed by atoms with van der Waals surface area (Å²) in [5.74, 6) is 0.390. The number of hydrogen-bond acceptors (Lipinski definition) is 7. The molecule has 2 aromatic heterocycles. The maximum Gasteiger partial charge on any atom is 0.319 e. The van der Waals surface area contributed by atoms with E-state index in [1.54, 1.807) is 18.2 Å². The van der Waals surface area contributed by atoms with Crippen molar-refractivity contribution in [3.63, 3.8) is 0 Å². The van der Waals surface area contributed by atoms with Crippen LogP contribution in [-0.4, -0.2) is 25.7 Å². The molecule has 0 bridgehead atoms. The van der Waals surface area contributed by atoms with E-state index < -0.39 is 6.55 Å². The number of halogens is 2. The van der Waals surface area contributed by atoms with Gasteiger partial charge in [-0.05, 0) is 18.2 Å². The number of amides is 1. The van der Waals surface area contributed by atoms with Gasteiger partial charge in [-0.25, -0.2) is 4.98 Å². The van der Waals surface area contributed by atoms with Crippen LogP contribution in [0.5, 0.6) is 0 Å². The zero-order valence-corrected chi connectivity index (χ0v) is 15.2. The van der Waals surface area contributed by atoms with Crippen molar-refractivity contribution in [2.45, 2.75) is 23.6 Å². The number of aromatic nitrogens is 4. The molecule has 0 aliphatic heterocycles. The molecular weight excluding hydrogens is 382 g/mol. The van der Waals surface area contributed by atoms with Gasteiger partial charge in [-0.1, -0.05) is 29.2 Å². The molecule has 1 aromatic carbocycles. The number of imidazole rings is 1. The third-order valence-corrected chi connectivity index (χ3v) is 5.09. The van der Waals surface area contributed by atoms with Gasteiger partial charge >= 0.3 is 6.55 Å². The zero-order chi connectivity index (χ0) is 18.5. The van der Waals surface area contributed by atoms with Gasteiger partial charge in [-0.15, -0.1) is 10.2 Å². The van der Waals surface area contributed by atoms with Gasteiger partial charge < -0.3 is 10.6 Å². The molecule has 0 fully saturated rings.